The molecule has 0 atom stereocenters. The van der Waals surface area contributed by atoms with Gasteiger partial charge in [0.05, 0.1) is 12.8 Å². The van der Waals surface area contributed by atoms with Crippen molar-refractivity contribution in [1.29, 1.82) is 0 Å². The minimum Gasteiger partial charge on any atom is -0.497 e. The summed E-state index contributed by atoms with van der Waals surface area (Å²) in [6.07, 6.45) is 0. The van der Waals surface area contributed by atoms with Crippen LogP contribution < -0.4 is 9.64 Å². The molecule has 2 aromatic rings. The molecule has 0 N–H and O–H groups in total. The van der Waals surface area contributed by atoms with Gasteiger partial charge in [-0.3, -0.25) is 0 Å². The maximum absolute atomic E-state index is 5.15. The van der Waals surface area contributed by atoms with Crippen molar-refractivity contribution in [3.05, 3.63) is 53.0 Å². The quantitative estimate of drug-likeness (QED) is 0.839. The first kappa shape index (κ1) is 12.0. The Balaban J connectivity index is 2.30. The fourth-order valence-electron chi connectivity index (χ4n) is 1.67. The highest BCUT2D eigenvalue weighted by Gasteiger charge is 2.06. The lowest BCUT2D eigenvalue weighted by Crippen LogP contribution is -2.09. The lowest BCUT2D eigenvalue weighted by molar-refractivity contribution is 0.415. The number of hydrogen-bond donors (Lipinski definition) is 0. The van der Waals surface area contributed by atoms with E-state index in [0.29, 0.717) is 0 Å². The number of para-hydroxylation sites is 1. The third-order valence-corrected chi connectivity index (χ3v) is 3.34. The molecule has 0 aliphatic rings. The maximum atomic E-state index is 5.15. The van der Waals surface area contributed by atoms with Crippen molar-refractivity contribution < 1.29 is 4.74 Å². The summed E-state index contributed by atoms with van der Waals surface area (Å²) in [7, 11) is 3.72. The fraction of sp³-hybridized carbons (Fsp3) is 0.143. The monoisotopic (exact) mass is 291 g/mol. The van der Waals surface area contributed by atoms with E-state index in [-0.39, 0.29) is 0 Å². The van der Waals surface area contributed by atoms with Crippen LogP contribution in [0.1, 0.15) is 0 Å². The summed E-state index contributed by atoms with van der Waals surface area (Å²) < 4.78 is 6.23. The average molecular weight is 292 g/mol. The number of halogens is 1. The molecule has 0 aromatic heterocycles. The molecule has 0 aliphatic heterocycles. The standard InChI is InChI=1S/C14H14BrNO/c1-16(14-6-4-3-5-13(14)15)11-7-9-12(17-2)10-8-11/h3-10H,1-2H3. The number of benzene rings is 2. The molecule has 0 radical (unpaired) electrons. The Hall–Kier alpha value is -1.48. The lowest BCUT2D eigenvalue weighted by Gasteiger charge is -2.21. The van der Waals surface area contributed by atoms with Crippen LogP contribution in [0.15, 0.2) is 53.0 Å². The van der Waals surface area contributed by atoms with Crippen molar-refractivity contribution in [2.75, 3.05) is 19.1 Å². The summed E-state index contributed by atoms with van der Waals surface area (Å²) in [5.74, 6) is 0.870. The molecule has 0 spiro atoms. The number of ether oxygens (including phenoxy) is 1. The average Bonchev–Trinajstić information content (AvgIpc) is 2.39. The molecule has 17 heavy (non-hydrogen) atoms. The van der Waals surface area contributed by atoms with Gasteiger partial charge < -0.3 is 9.64 Å². The molecule has 0 bridgehead atoms. The second-order valence-corrected chi connectivity index (χ2v) is 4.56. The Morgan fingerprint density at radius 2 is 1.65 bits per heavy atom. The smallest absolute Gasteiger partial charge is 0.119 e. The van der Waals surface area contributed by atoms with E-state index < -0.39 is 0 Å². The normalized spacial score (nSPS) is 10.1. The van der Waals surface area contributed by atoms with E-state index in [4.69, 9.17) is 4.74 Å². The molecular weight excluding hydrogens is 278 g/mol. The molecule has 2 nitrogen and oxygen atoms in total. The molecule has 0 unspecified atom stereocenters. The predicted molar refractivity (Wildman–Crippen MR) is 75.2 cm³/mol. The Kier molecular flexibility index (Phi) is 3.69. The van der Waals surface area contributed by atoms with Crippen molar-refractivity contribution in [2.45, 2.75) is 0 Å². The largest absolute Gasteiger partial charge is 0.497 e. The predicted octanol–water partition coefficient (Wildman–Crippen LogP) is 4.23. The lowest BCUT2D eigenvalue weighted by atomic mass is 10.2. The van der Waals surface area contributed by atoms with E-state index in [1.807, 2.05) is 49.5 Å². The zero-order valence-corrected chi connectivity index (χ0v) is 11.4. The highest BCUT2D eigenvalue weighted by atomic mass is 79.9. The number of anilines is 2. The third kappa shape index (κ3) is 2.61. The Labute approximate surface area is 110 Å². The van der Waals surface area contributed by atoms with Crippen LogP contribution >= 0.6 is 15.9 Å². The molecule has 88 valence electrons. The molecule has 3 heteroatoms. The van der Waals surface area contributed by atoms with Gasteiger partial charge in [-0.15, -0.1) is 0 Å². The van der Waals surface area contributed by atoms with Gasteiger partial charge in [-0.1, -0.05) is 12.1 Å². The molecule has 0 heterocycles. The number of rotatable bonds is 3. The SMILES string of the molecule is COc1ccc(N(C)c2ccccc2Br)cc1. The fourth-order valence-corrected chi connectivity index (χ4v) is 2.22. The van der Waals surface area contributed by atoms with Gasteiger partial charge in [-0.25, -0.2) is 0 Å². The van der Waals surface area contributed by atoms with Crippen molar-refractivity contribution >= 4 is 27.3 Å². The van der Waals surface area contributed by atoms with E-state index in [2.05, 4.69) is 26.9 Å². The maximum Gasteiger partial charge on any atom is 0.119 e. The molecule has 0 aliphatic carbocycles. The van der Waals surface area contributed by atoms with Gasteiger partial charge in [-0.2, -0.15) is 0 Å². The summed E-state index contributed by atoms with van der Waals surface area (Å²) >= 11 is 3.56. The molecular formula is C14H14BrNO. The van der Waals surface area contributed by atoms with Crippen LogP contribution in [0.2, 0.25) is 0 Å². The third-order valence-electron chi connectivity index (χ3n) is 2.67. The Morgan fingerprint density at radius 3 is 2.24 bits per heavy atom. The van der Waals surface area contributed by atoms with Crippen LogP contribution in [0.25, 0.3) is 0 Å². The van der Waals surface area contributed by atoms with Gasteiger partial charge >= 0.3 is 0 Å². The van der Waals surface area contributed by atoms with Crippen LogP contribution in [-0.2, 0) is 0 Å². The minimum absolute atomic E-state index is 0.870. The van der Waals surface area contributed by atoms with Gasteiger partial charge in [0.2, 0.25) is 0 Å². The number of nitrogens with zero attached hydrogens (tertiary/aromatic N) is 1. The van der Waals surface area contributed by atoms with Crippen LogP contribution in [0.3, 0.4) is 0 Å². The topological polar surface area (TPSA) is 12.5 Å². The van der Waals surface area contributed by atoms with Crippen LogP contribution in [0.5, 0.6) is 5.75 Å². The summed E-state index contributed by atoms with van der Waals surface area (Å²) in [6, 6.07) is 16.2. The molecule has 0 fully saturated rings. The summed E-state index contributed by atoms with van der Waals surface area (Å²) in [5.41, 5.74) is 2.26. The number of methoxy groups -OCH3 is 1. The van der Waals surface area contributed by atoms with E-state index >= 15 is 0 Å². The van der Waals surface area contributed by atoms with Crippen molar-refractivity contribution in [1.82, 2.24) is 0 Å². The zero-order chi connectivity index (χ0) is 12.3. The number of hydrogen-bond acceptors (Lipinski definition) is 2. The zero-order valence-electron chi connectivity index (χ0n) is 9.85. The van der Waals surface area contributed by atoms with E-state index in [1.165, 1.54) is 0 Å². The summed E-state index contributed by atoms with van der Waals surface area (Å²) in [5, 5.41) is 0. The molecule has 2 aromatic carbocycles. The van der Waals surface area contributed by atoms with E-state index in [0.717, 1.165) is 21.6 Å². The van der Waals surface area contributed by atoms with Crippen molar-refractivity contribution in [3.63, 3.8) is 0 Å². The summed E-state index contributed by atoms with van der Waals surface area (Å²) in [6.45, 7) is 0. The highest BCUT2D eigenvalue weighted by Crippen LogP contribution is 2.31. The highest BCUT2D eigenvalue weighted by molar-refractivity contribution is 9.10. The first-order valence-electron chi connectivity index (χ1n) is 5.34. The molecule has 0 saturated heterocycles. The van der Waals surface area contributed by atoms with Crippen LogP contribution in [-0.4, -0.2) is 14.2 Å². The first-order chi connectivity index (χ1) is 8.22. The van der Waals surface area contributed by atoms with E-state index in [1.54, 1.807) is 7.11 Å². The molecule has 0 amide bonds. The van der Waals surface area contributed by atoms with Crippen LogP contribution in [0.4, 0.5) is 11.4 Å². The van der Waals surface area contributed by atoms with Gasteiger partial charge in [-0.05, 0) is 52.3 Å². The molecule has 0 saturated carbocycles. The second kappa shape index (κ2) is 5.23. The van der Waals surface area contributed by atoms with Gasteiger partial charge in [0.1, 0.15) is 5.75 Å². The molecule has 2 rings (SSSR count). The minimum atomic E-state index is 0.870. The summed E-state index contributed by atoms with van der Waals surface area (Å²) in [4.78, 5) is 2.13. The second-order valence-electron chi connectivity index (χ2n) is 3.71. The first-order valence-corrected chi connectivity index (χ1v) is 6.14. The van der Waals surface area contributed by atoms with Crippen molar-refractivity contribution in [2.24, 2.45) is 0 Å². The Bertz CT molecular complexity index is 496. The van der Waals surface area contributed by atoms with E-state index in [9.17, 15) is 0 Å². The Morgan fingerprint density at radius 1 is 1.00 bits per heavy atom. The van der Waals surface area contributed by atoms with Gasteiger partial charge in [0.15, 0.2) is 0 Å². The van der Waals surface area contributed by atoms with Gasteiger partial charge in [0.25, 0.3) is 0 Å². The van der Waals surface area contributed by atoms with Crippen LogP contribution in [0, 0.1) is 0 Å². The van der Waals surface area contributed by atoms with Crippen molar-refractivity contribution in [3.8, 4) is 5.75 Å². The van der Waals surface area contributed by atoms with Gasteiger partial charge in [0, 0.05) is 17.2 Å².